The maximum absolute atomic E-state index is 12.4. The fourth-order valence-electron chi connectivity index (χ4n) is 3.05. The van der Waals surface area contributed by atoms with Crippen LogP contribution in [0.2, 0.25) is 0 Å². The zero-order valence-corrected chi connectivity index (χ0v) is 18.9. The number of aryl methyl sites for hydroxylation is 2. The molecular weight excluding hydrogens is 428 g/mol. The molecule has 4 aromatic rings. The molecule has 0 atom stereocenters. The Labute approximate surface area is 189 Å². The average Bonchev–Trinajstić information content (AvgIpc) is 3.39. The van der Waals surface area contributed by atoms with Crippen molar-refractivity contribution >= 4 is 34.1 Å². The SMILES string of the molecule is CCc1nnc(NC(=O)CSc2nnc(Cc3ccccc3)n2-c2cccc(C)c2)s1. The predicted octanol–water partition coefficient (Wildman–Crippen LogP) is 4.31. The van der Waals surface area contributed by atoms with Gasteiger partial charge in [-0.05, 0) is 36.6 Å². The molecule has 31 heavy (non-hydrogen) atoms. The monoisotopic (exact) mass is 450 g/mol. The van der Waals surface area contributed by atoms with E-state index >= 15 is 0 Å². The van der Waals surface area contributed by atoms with Gasteiger partial charge in [0.2, 0.25) is 11.0 Å². The quantitative estimate of drug-likeness (QED) is 0.403. The molecule has 2 heterocycles. The Kier molecular flexibility index (Phi) is 6.73. The highest BCUT2D eigenvalue weighted by molar-refractivity contribution is 7.99. The van der Waals surface area contributed by atoms with Gasteiger partial charge in [0, 0.05) is 12.1 Å². The number of carbonyl (C=O) groups is 1. The minimum Gasteiger partial charge on any atom is -0.300 e. The number of carbonyl (C=O) groups excluding carboxylic acids is 1. The van der Waals surface area contributed by atoms with E-state index in [1.165, 1.54) is 23.1 Å². The highest BCUT2D eigenvalue weighted by Gasteiger charge is 2.17. The fraction of sp³-hybridized carbons (Fsp3) is 0.227. The van der Waals surface area contributed by atoms with Crippen molar-refractivity contribution in [2.75, 3.05) is 11.1 Å². The minimum absolute atomic E-state index is 0.146. The zero-order chi connectivity index (χ0) is 21.6. The highest BCUT2D eigenvalue weighted by atomic mass is 32.2. The lowest BCUT2D eigenvalue weighted by Crippen LogP contribution is -2.14. The number of aromatic nitrogens is 5. The highest BCUT2D eigenvalue weighted by Crippen LogP contribution is 2.25. The van der Waals surface area contributed by atoms with E-state index < -0.39 is 0 Å². The molecule has 158 valence electrons. The molecule has 9 heteroatoms. The summed E-state index contributed by atoms with van der Waals surface area (Å²) in [6, 6.07) is 18.4. The summed E-state index contributed by atoms with van der Waals surface area (Å²) >= 11 is 2.75. The molecular formula is C22H22N6OS2. The standard InChI is InChI=1S/C22H22N6OS2/c1-3-20-25-26-21(31-20)23-19(29)14-30-22-27-24-18(13-16-9-5-4-6-10-16)28(22)17-11-7-8-15(2)12-17/h4-12H,3,13-14H2,1-2H3,(H,23,26,29). The first-order valence-corrected chi connectivity index (χ1v) is 11.7. The Hall–Kier alpha value is -3.04. The van der Waals surface area contributed by atoms with Crippen molar-refractivity contribution in [2.24, 2.45) is 0 Å². The number of anilines is 1. The Morgan fingerprint density at radius 3 is 2.65 bits per heavy atom. The van der Waals surface area contributed by atoms with E-state index in [2.05, 4.69) is 56.9 Å². The molecule has 0 saturated heterocycles. The third-order valence-corrected chi connectivity index (χ3v) is 6.43. The second kappa shape index (κ2) is 9.84. The van der Waals surface area contributed by atoms with E-state index in [9.17, 15) is 4.79 Å². The van der Waals surface area contributed by atoms with Gasteiger partial charge < -0.3 is 0 Å². The van der Waals surface area contributed by atoms with Gasteiger partial charge >= 0.3 is 0 Å². The van der Waals surface area contributed by atoms with Gasteiger partial charge in [-0.2, -0.15) is 0 Å². The Bertz CT molecular complexity index is 1170. The van der Waals surface area contributed by atoms with Gasteiger partial charge in [-0.15, -0.1) is 20.4 Å². The predicted molar refractivity (Wildman–Crippen MR) is 124 cm³/mol. The van der Waals surface area contributed by atoms with Crippen molar-refractivity contribution in [3.05, 3.63) is 76.6 Å². The molecule has 0 spiro atoms. The largest absolute Gasteiger partial charge is 0.300 e. The summed E-state index contributed by atoms with van der Waals surface area (Å²) in [5, 5.41) is 21.8. The molecule has 0 aliphatic heterocycles. The molecule has 7 nitrogen and oxygen atoms in total. The molecule has 0 fully saturated rings. The number of hydrogen-bond donors (Lipinski definition) is 1. The van der Waals surface area contributed by atoms with Gasteiger partial charge in [-0.1, -0.05) is 72.5 Å². The van der Waals surface area contributed by atoms with Crippen molar-refractivity contribution in [3.63, 3.8) is 0 Å². The first-order valence-electron chi connectivity index (χ1n) is 9.92. The number of thioether (sulfide) groups is 1. The van der Waals surface area contributed by atoms with E-state index in [0.29, 0.717) is 16.7 Å². The van der Waals surface area contributed by atoms with Crippen molar-refractivity contribution in [3.8, 4) is 5.69 Å². The number of amides is 1. The topological polar surface area (TPSA) is 85.6 Å². The molecule has 0 saturated carbocycles. The molecule has 1 amide bonds. The number of nitrogens with one attached hydrogen (secondary N) is 1. The van der Waals surface area contributed by atoms with E-state index in [-0.39, 0.29) is 11.7 Å². The van der Waals surface area contributed by atoms with Crippen LogP contribution in [0, 0.1) is 6.92 Å². The third kappa shape index (κ3) is 5.36. The van der Waals surface area contributed by atoms with Gasteiger partial charge in [0.05, 0.1) is 5.75 Å². The molecule has 1 N–H and O–H groups in total. The normalized spacial score (nSPS) is 10.9. The van der Waals surface area contributed by atoms with Crippen molar-refractivity contribution in [2.45, 2.75) is 31.8 Å². The van der Waals surface area contributed by atoms with Crippen LogP contribution in [0.15, 0.2) is 59.8 Å². The minimum atomic E-state index is -0.146. The summed E-state index contributed by atoms with van der Waals surface area (Å²) in [4.78, 5) is 12.4. The van der Waals surface area contributed by atoms with Crippen molar-refractivity contribution < 1.29 is 4.79 Å². The summed E-state index contributed by atoms with van der Waals surface area (Å²) < 4.78 is 2.03. The zero-order valence-electron chi connectivity index (χ0n) is 17.3. The summed E-state index contributed by atoms with van der Waals surface area (Å²) in [5.74, 6) is 0.889. The lowest BCUT2D eigenvalue weighted by atomic mass is 10.1. The van der Waals surface area contributed by atoms with Crippen LogP contribution in [0.1, 0.15) is 28.9 Å². The maximum Gasteiger partial charge on any atom is 0.236 e. The van der Waals surface area contributed by atoms with E-state index in [1.54, 1.807) is 0 Å². The summed E-state index contributed by atoms with van der Waals surface area (Å²) in [5.41, 5.74) is 3.28. The van der Waals surface area contributed by atoms with Gasteiger partial charge in [-0.25, -0.2) is 0 Å². The molecule has 4 rings (SSSR count). The molecule has 2 aromatic heterocycles. The summed E-state index contributed by atoms with van der Waals surface area (Å²) in [7, 11) is 0. The fourth-order valence-corrected chi connectivity index (χ4v) is 4.51. The number of rotatable bonds is 8. The van der Waals surface area contributed by atoms with Crippen LogP contribution in [0.4, 0.5) is 5.13 Å². The molecule has 0 unspecified atom stereocenters. The van der Waals surface area contributed by atoms with Crippen LogP contribution in [0.5, 0.6) is 0 Å². The second-order valence-electron chi connectivity index (χ2n) is 6.93. The Balaban J connectivity index is 1.54. The van der Waals surface area contributed by atoms with Crippen molar-refractivity contribution in [1.82, 2.24) is 25.0 Å². The second-order valence-corrected chi connectivity index (χ2v) is 8.93. The van der Waals surface area contributed by atoms with Crippen LogP contribution in [-0.2, 0) is 17.6 Å². The van der Waals surface area contributed by atoms with Gasteiger partial charge in [0.1, 0.15) is 10.8 Å². The number of benzene rings is 2. The average molecular weight is 451 g/mol. The van der Waals surface area contributed by atoms with Gasteiger partial charge in [-0.3, -0.25) is 14.7 Å². The molecule has 0 aliphatic carbocycles. The molecule has 0 bridgehead atoms. The molecule has 0 radical (unpaired) electrons. The van der Waals surface area contributed by atoms with E-state index in [0.717, 1.165) is 34.1 Å². The lowest BCUT2D eigenvalue weighted by molar-refractivity contribution is -0.113. The van der Waals surface area contributed by atoms with E-state index in [4.69, 9.17) is 0 Å². The van der Waals surface area contributed by atoms with Crippen LogP contribution in [0.25, 0.3) is 5.69 Å². The van der Waals surface area contributed by atoms with E-state index in [1.807, 2.05) is 41.8 Å². The van der Waals surface area contributed by atoms with Crippen LogP contribution < -0.4 is 5.32 Å². The first kappa shape index (κ1) is 21.2. The van der Waals surface area contributed by atoms with Crippen molar-refractivity contribution in [1.29, 1.82) is 0 Å². The van der Waals surface area contributed by atoms with Gasteiger partial charge in [0.25, 0.3) is 0 Å². The summed E-state index contributed by atoms with van der Waals surface area (Å²) in [6.45, 7) is 4.06. The maximum atomic E-state index is 12.4. The lowest BCUT2D eigenvalue weighted by Gasteiger charge is -2.11. The van der Waals surface area contributed by atoms with Crippen LogP contribution in [-0.4, -0.2) is 36.6 Å². The van der Waals surface area contributed by atoms with Gasteiger partial charge in [0.15, 0.2) is 5.16 Å². The third-order valence-electron chi connectivity index (χ3n) is 4.51. The Morgan fingerprint density at radius 1 is 1.06 bits per heavy atom. The Morgan fingerprint density at radius 2 is 1.90 bits per heavy atom. The molecule has 0 aliphatic rings. The van der Waals surface area contributed by atoms with Crippen LogP contribution >= 0.6 is 23.1 Å². The number of nitrogens with zero attached hydrogens (tertiary/aromatic N) is 5. The molecule has 2 aromatic carbocycles. The summed E-state index contributed by atoms with van der Waals surface area (Å²) in [6.07, 6.45) is 1.45. The first-order chi connectivity index (χ1) is 15.1. The number of hydrogen-bond acceptors (Lipinski definition) is 7. The van der Waals surface area contributed by atoms with Crippen LogP contribution in [0.3, 0.4) is 0 Å². The smallest absolute Gasteiger partial charge is 0.236 e.